The number of amides is 3. The number of urea groups is 1. The third kappa shape index (κ3) is 2.53. The molecule has 2 unspecified atom stereocenters. The van der Waals surface area contributed by atoms with Crippen molar-refractivity contribution in [3.8, 4) is 0 Å². The van der Waals surface area contributed by atoms with Crippen LogP contribution in [0.4, 0.5) is 4.79 Å². The second kappa shape index (κ2) is 5.72. The van der Waals surface area contributed by atoms with E-state index in [1.165, 1.54) is 11.9 Å². The maximum absolute atomic E-state index is 12.8. The van der Waals surface area contributed by atoms with Crippen LogP contribution in [-0.4, -0.2) is 87.3 Å². The first-order valence-corrected chi connectivity index (χ1v) is 8.60. The number of Topliss-reactive ketones (excluding diaryl/α,β-unsaturated/α-hetero) is 1. The van der Waals surface area contributed by atoms with Gasteiger partial charge in [0.25, 0.3) is 5.91 Å². The zero-order chi connectivity index (χ0) is 19.5. The fraction of sp³-hybridized carbons (Fsp3) is 0.647. The van der Waals surface area contributed by atoms with Gasteiger partial charge in [0.1, 0.15) is 6.04 Å². The molecule has 0 aromatic carbocycles. The molecular weight excluding hydrogens is 336 g/mol. The van der Waals surface area contributed by atoms with Crippen LogP contribution in [-0.2, 0) is 9.59 Å². The highest BCUT2D eigenvalue weighted by Crippen LogP contribution is 2.25. The number of hydrogen-bond donors (Lipinski definition) is 0. The average Bonchev–Trinajstić information content (AvgIpc) is 2.95. The molecule has 3 aliphatic heterocycles. The summed E-state index contributed by atoms with van der Waals surface area (Å²) < 4.78 is 1.84. The lowest BCUT2D eigenvalue weighted by atomic mass is 9.91. The summed E-state index contributed by atoms with van der Waals surface area (Å²) >= 11 is 0. The Labute approximate surface area is 152 Å². The Morgan fingerprint density at radius 1 is 1.19 bits per heavy atom. The zero-order valence-electron chi connectivity index (χ0n) is 16.3. The fourth-order valence-electron chi connectivity index (χ4n) is 3.14. The fourth-order valence-corrected chi connectivity index (χ4v) is 3.14. The molecule has 3 amide bonds. The molecule has 26 heavy (non-hydrogen) atoms. The summed E-state index contributed by atoms with van der Waals surface area (Å²) in [7, 11) is 3.06. The largest absolute Gasteiger partial charge is 0.417 e. The third-order valence-corrected chi connectivity index (χ3v) is 5.11. The van der Waals surface area contributed by atoms with E-state index in [1.54, 1.807) is 12.1 Å². The van der Waals surface area contributed by atoms with Gasteiger partial charge in [0.2, 0.25) is 11.9 Å². The monoisotopic (exact) mass is 361 g/mol. The molecule has 1 saturated heterocycles. The predicted molar refractivity (Wildman–Crippen MR) is 96.2 cm³/mol. The van der Waals surface area contributed by atoms with Crippen LogP contribution in [0.15, 0.2) is 10.1 Å². The molecule has 3 aliphatic rings. The number of ketones is 1. The number of guanidine groups is 1. The number of carbonyl (C=O) groups is 3. The number of hydrazone groups is 1. The molecule has 3 heterocycles. The summed E-state index contributed by atoms with van der Waals surface area (Å²) in [5.41, 5.74) is 0.265. The number of likely N-dealkylation sites (N-methyl/N-ethyl adjacent to an activating group) is 2. The van der Waals surface area contributed by atoms with Gasteiger partial charge in [-0.3, -0.25) is 19.4 Å². The van der Waals surface area contributed by atoms with Crippen molar-refractivity contribution >= 4 is 35.2 Å². The SMILES string of the molecule is CC1=NN(CC(=O)C(C)(C)C)C2=[N+](C1C)C1C(=O)N(C)C(=O)N(C)C1=N2. The molecule has 0 aliphatic carbocycles. The van der Waals surface area contributed by atoms with Crippen LogP contribution in [0.1, 0.15) is 34.6 Å². The number of nitrogens with zero attached hydrogens (tertiary/aromatic N) is 6. The van der Waals surface area contributed by atoms with Crippen LogP contribution in [0.5, 0.6) is 0 Å². The smallest absolute Gasteiger partial charge is 0.295 e. The second-order valence-electron chi connectivity index (χ2n) is 7.97. The Morgan fingerprint density at radius 2 is 1.81 bits per heavy atom. The third-order valence-electron chi connectivity index (χ3n) is 5.11. The van der Waals surface area contributed by atoms with Gasteiger partial charge in [-0.05, 0) is 13.8 Å². The molecule has 0 radical (unpaired) electrons. The van der Waals surface area contributed by atoms with E-state index in [0.717, 1.165) is 10.6 Å². The summed E-state index contributed by atoms with van der Waals surface area (Å²) in [5.74, 6) is 0.492. The Kier molecular flexibility index (Phi) is 4.01. The Morgan fingerprint density at radius 3 is 2.38 bits per heavy atom. The van der Waals surface area contributed by atoms with Crippen LogP contribution in [0.2, 0.25) is 0 Å². The molecule has 0 N–H and O–H groups in total. The lowest BCUT2D eigenvalue weighted by Crippen LogP contribution is -2.63. The molecule has 140 valence electrons. The minimum absolute atomic E-state index is 0.0130. The van der Waals surface area contributed by atoms with Crippen LogP contribution in [0.3, 0.4) is 0 Å². The van der Waals surface area contributed by atoms with Crippen molar-refractivity contribution < 1.29 is 19.0 Å². The van der Waals surface area contributed by atoms with E-state index in [-0.39, 0.29) is 24.3 Å². The highest BCUT2D eigenvalue weighted by Gasteiger charge is 2.55. The molecule has 0 saturated carbocycles. The molecule has 3 rings (SSSR count). The Balaban J connectivity index is 2.05. The van der Waals surface area contributed by atoms with Crippen molar-refractivity contribution in [3.05, 3.63) is 0 Å². The van der Waals surface area contributed by atoms with E-state index in [9.17, 15) is 14.4 Å². The first kappa shape index (κ1) is 18.2. The summed E-state index contributed by atoms with van der Waals surface area (Å²) in [4.78, 5) is 44.6. The quantitative estimate of drug-likeness (QED) is 0.664. The lowest BCUT2D eigenvalue weighted by Gasteiger charge is -2.33. The molecule has 0 bridgehead atoms. The van der Waals surface area contributed by atoms with Gasteiger partial charge >= 0.3 is 12.0 Å². The lowest BCUT2D eigenvalue weighted by molar-refractivity contribution is -0.559. The molecule has 0 aromatic rings. The van der Waals surface area contributed by atoms with Gasteiger partial charge in [0.15, 0.2) is 12.3 Å². The van der Waals surface area contributed by atoms with Gasteiger partial charge in [-0.25, -0.2) is 9.37 Å². The number of rotatable bonds is 2. The van der Waals surface area contributed by atoms with Crippen molar-refractivity contribution in [3.63, 3.8) is 0 Å². The van der Waals surface area contributed by atoms with Crippen LogP contribution in [0.25, 0.3) is 0 Å². The zero-order valence-corrected chi connectivity index (χ0v) is 16.3. The number of imide groups is 1. The maximum atomic E-state index is 12.8. The number of aliphatic imine (C=N–C) groups is 1. The predicted octanol–water partition coefficient (Wildman–Crippen LogP) is 0.355. The van der Waals surface area contributed by atoms with E-state index >= 15 is 0 Å². The van der Waals surface area contributed by atoms with E-state index in [0.29, 0.717) is 11.8 Å². The number of hydrogen-bond acceptors (Lipinski definition) is 6. The van der Waals surface area contributed by atoms with Crippen LogP contribution < -0.4 is 0 Å². The van der Waals surface area contributed by atoms with Gasteiger partial charge < -0.3 is 0 Å². The average molecular weight is 361 g/mol. The van der Waals surface area contributed by atoms with Crippen LogP contribution >= 0.6 is 0 Å². The molecule has 0 aromatic heterocycles. The Bertz CT molecular complexity index is 804. The second-order valence-corrected chi connectivity index (χ2v) is 7.97. The minimum atomic E-state index is -0.689. The van der Waals surface area contributed by atoms with Crippen molar-refractivity contribution in [1.29, 1.82) is 0 Å². The number of amidine groups is 1. The molecule has 9 nitrogen and oxygen atoms in total. The summed E-state index contributed by atoms with van der Waals surface area (Å²) in [5, 5.41) is 6.06. The molecule has 9 heteroatoms. The van der Waals surface area contributed by atoms with Gasteiger partial charge in [-0.1, -0.05) is 25.8 Å². The van der Waals surface area contributed by atoms with E-state index in [1.807, 2.05) is 39.2 Å². The molecule has 2 atom stereocenters. The van der Waals surface area contributed by atoms with E-state index in [2.05, 4.69) is 10.1 Å². The number of carbonyl (C=O) groups excluding carboxylic acids is 3. The highest BCUT2D eigenvalue weighted by molar-refractivity contribution is 6.23. The standard InChI is InChI=1S/C17H25N6O3/c1-9-10(2)23-12-13(20(6)16(26)21(7)14(12)25)18-15(23)22(19-9)8-11(24)17(3,4)5/h10,12H,8H2,1-7H3/q+1. The topological polar surface area (TPSA) is 88.7 Å². The van der Waals surface area contributed by atoms with Gasteiger partial charge in [0.05, 0.1) is 5.71 Å². The molecule has 0 spiro atoms. The first-order valence-electron chi connectivity index (χ1n) is 8.60. The van der Waals surface area contributed by atoms with Crippen molar-refractivity contribution in [2.24, 2.45) is 15.5 Å². The van der Waals surface area contributed by atoms with Gasteiger partial charge in [-0.2, -0.15) is 0 Å². The summed E-state index contributed by atoms with van der Waals surface area (Å²) in [6, 6.07) is -1.28. The van der Waals surface area contributed by atoms with Crippen molar-refractivity contribution in [2.75, 3.05) is 20.6 Å². The first-order chi connectivity index (χ1) is 11.9. The Hall–Kier alpha value is -2.58. The number of fused-ring (bicyclic) bond motifs is 2. The van der Waals surface area contributed by atoms with Crippen molar-refractivity contribution in [2.45, 2.75) is 46.7 Å². The van der Waals surface area contributed by atoms with E-state index < -0.39 is 17.5 Å². The van der Waals surface area contributed by atoms with E-state index in [4.69, 9.17) is 0 Å². The highest BCUT2D eigenvalue weighted by atomic mass is 16.2. The van der Waals surface area contributed by atoms with Gasteiger partial charge in [0, 0.05) is 19.5 Å². The summed E-state index contributed by atoms with van der Waals surface area (Å²) in [6.45, 7) is 9.42. The molecule has 1 fully saturated rings. The minimum Gasteiger partial charge on any atom is -0.295 e. The van der Waals surface area contributed by atoms with Crippen LogP contribution in [0, 0.1) is 5.41 Å². The molecular formula is C17H25N6O3+. The van der Waals surface area contributed by atoms with Crippen molar-refractivity contribution in [1.82, 2.24) is 14.8 Å². The normalized spacial score (nSPS) is 26.0. The summed E-state index contributed by atoms with van der Waals surface area (Å²) in [6.07, 6.45) is 0. The van der Waals surface area contributed by atoms with Gasteiger partial charge in [-0.15, -0.1) is 10.1 Å². The maximum Gasteiger partial charge on any atom is 0.417 e.